The van der Waals surface area contributed by atoms with E-state index in [0.29, 0.717) is 56.0 Å². The van der Waals surface area contributed by atoms with E-state index >= 15 is 22.8 Å². The van der Waals surface area contributed by atoms with Crippen molar-refractivity contribution in [2.75, 3.05) is 0 Å². The van der Waals surface area contributed by atoms with Crippen LogP contribution in [0.3, 0.4) is 0 Å². The van der Waals surface area contributed by atoms with E-state index in [-0.39, 0.29) is 0 Å². The predicted octanol–water partition coefficient (Wildman–Crippen LogP) is 21.6. The Balaban J connectivity index is 0.000000154. The topological polar surface area (TPSA) is 130 Å². The Kier molecular flexibility index (Phi) is 22.1. The van der Waals surface area contributed by atoms with Crippen LogP contribution in [-0.4, -0.2) is 26.9 Å². The van der Waals surface area contributed by atoms with Crippen molar-refractivity contribution in [1.82, 2.24) is 0 Å². The highest BCUT2D eigenvalue weighted by atomic mass is 31.2. The van der Waals surface area contributed by atoms with Gasteiger partial charge in [-0.05, 0) is 48.5 Å². The van der Waals surface area contributed by atoms with Gasteiger partial charge in [0.25, 0.3) is 0 Å². The first-order valence-corrected chi connectivity index (χ1v) is 45.6. The Labute approximate surface area is 645 Å². The monoisotopic (exact) mass is 1540 g/mol. The molecule has 12 aromatic carbocycles. The van der Waals surface area contributed by atoms with Gasteiger partial charge in [0.05, 0.1) is 32.1 Å². The molecule has 12 aromatic rings. The fourth-order valence-corrected chi connectivity index (χ4v) is 32.9. The zero-order chi connectivity index (χ0) is 78.4. The van der Waals surface area contributed by atoms with E-state index in [1.807, 2.05) is 285 Å². The van der Waals surface area contributed by atoms with Crippen LogP contribution in [0.15, 0.2) is 303 Å². The number of fused-ring (bicyclic) bond motifs is 4. The Bertz CT molecular complexity index is 5170. The average Bonchev–Trinajstić information content (AvgIpc) is 0.703. The molecule has 0 atom stereocenters. The lowest BCUT2D eigenvalue weighted by molar-refractivity contribution is 0.112. The second-order valence-electron chi connectivity index (χ2n) is 33.0. The van der Waals surface area contributed by atoms with Gasteiger partial charge in [-0.25, -0.2) is 0 Å². The van der Waals surface area contributed by atoms with Gasteiger partial charge in [0, 0.05) is 85.5 Å². The number of hydrogen-bond acceptors (Lipinski definition) is 9. The van der Waals surface area contributed by atoms with Crippen LogP contribution in [0.2, 0.25) is 0 Å². The van der Waals surface area contributed by atoms with Gasteiger partial charge in [0.1, 0.15) is 48.8 Å². The highest BCUT2D eigenvalue weighted by Crippen LogP contribution is 2.71. The van der Waals surface area contributed by atoms with Crippen LogP contribution in [0.1, 0.15) is 143 Å². The molecule has 0 N–H and O–H groups in total. The number of carbonyl (C=O) groups excluding carboxylic acids is 1. The minimum Gasteiger partial charge on any atom is -0.456 e. The predicted molar refractivity (Wildman–Crippen MR) is 460 cm³/mol. The fourth-order valence-electron chi connectivity index (χ4n) is 16.2. The lowest BCUT2D eigenvalue weighted by Gasteiger charge is -2.46. The van der Waals surface area contributed by atoms with Crippen molar-refractivity contribution in [2.45, 2.75) is 142 Å². The lowest BCUT2D eigenvalue weighted by Crippen LogP contribution is -2.39. The third-order valence-corrected chi connectivity index (χ3v) is 40.3. The Morgan fingerprint density at radius 1 is 0.266 bits per heavy atom. The van der Waals surface area contributed by atoms with E-state index in [4.69, 9.17) is 14.2 Å². The van der Waals surface area contributed by atoms with Crippen molar-refractivity contribution < 1.29 is 41.8 Å². The first kappa shape index (κ1) is 79.4. The Morgan fingerprint density at radius 3 is 0.771 bits per heavy atom. The van der Waals surface area contributed by atoms with Crippen molar-refractivity contribution in [2.24, 2.45) is 0 Å². The van der Waals surface area contributed by atoms with Gasteiger partial charge >= 0.3 is 0 Å². The summed E-state index contributed by atoms with van der Waals surface area (Å²) in [5.41, 5.74) is 3.62. The molecule has 0 saturated heterocycles. The second-order valence-corrected chi connectivity index (χ2v) is 50.0. The third kappa shape index (κ3) is 14.1. The number of ether oxygens (including phenoxy) is 3. The summed E-state index contributed by atoms with van der Waals surface area (Å²) in [5.74, 6) is 3.41. The number of carbonyl (C=O) groups is 1. The van der Waals surface area contributed by atoms with Gasteiger partial charge in [-0.3, -0.25) is 4.79 Å². The molecule has 0 aliphatic carbocycles. The van der Waals surface area contributed by atoms with Gasteiger partial charge in [0.2, 0.25) is 0 Å². The number of benzene rings is 12. The molecule has 109 heavy (non-hydrogen) atoms. The highest BCUT2D eigenvalue weighted by Gasteiger charge is 2.54. The highest BCUT2D eigenvalue weighted by molar-refractivity contribution is 7.86. The van der Waals surface area contributed by atoms with Crippen molar-refractivity contribution in [1.29, 1.82) is 0 Å². The quantitative estimate of drug-likeness (QED) is 0.0771. The molecule has 2 aliphatic heterocycles. The maximum Gasteiger partial charge on any atom is 0.174 e. The summed E-state index contributed by atoms with van der Waals surface area (Å²) in [7, 11) is -15.8. The molecule has 0 saturated carbocycles. The van der Waals surface area contributed by atoms with Gasteiger partial charge in [0.15, 0.2) is 27.7 Å². The van der Waals surface area contributed by atoms with Crippen molar-refractivity contribution in [3.05, 3.63) is 331 Å². The Hall–Kier alpha value is -9.14. The summed E-state index contributed by atoms with van der Waals surface area (Å²) in [6.45, 7) is 33.4. The van der Waals surface area contributed by atoms with Crippen LogP contribution in [-0.2, 0) is 33.7 Å². The maximum atomic E-state index is 15.2. The molecule has 0 fully saturated rings. The second kappa shape index (κ2) is 30.3. The maximum absolute atomic E-state index is 15.2. The molecule has 14 rings (SSSR count). The number of hydrogen-bond donors (Lipinski definition) is 0. The van der Waals surface area contributed by atoms with Crippen molar-refractivity contribution in [3.8, 4) is 34.5 Å². The minimum atomic E-state index is -3.32. The standard InChI is InChI=1S/C36H28O3P2.C31H48O3P2.C28H23O3P/c37-40(29-17-5-1-6-18-29,30-19-7-2-8-20-30)35-27-15-13-25-33(35)39-34-26-14-16-28-36(34)41(38,31-21-9-3-10-22-31)32-23-11-4-12-24-32;1-27(2,3)35(32,28(4,5)6)23-19-15-17-21-25(23)34-26-22(31(21,13)14)18-16-20-24(26)36(33,29(7,8)9)30(10,11)12;1-28(2)23-16-9-11-20(19-29)26(23)31-27-24(28)17-10-18-25(27)32(30,21-12-5-3-6-13-21)22-14-7-4-8-15-22/h1-28H;15-20H,1-14H3;3-19H,1-2H3. The molecule has 2 aliphatic rings. The molecule has 0 bridgehead atoms. The molecule has 0 unspecified atom stereocenters. The van der Waals surface area contributed by atoms with E-state index in [0.717, 1.165) is 71.0 Å². The van der Waals surface area contributed by atoms with Crippen LogP contribution in [0.25, 0.3) is 0 Å². The molecule has 0 spiro atoms. The van der Waals surface area contributed by atoms with E-state index in [1.54, 1.807) is 6.07 Å². The number of para-hydroxylation sites is 6. The summed E-state index contributed by atoms with van der Waals surface area (Å²) in [5, 5.41) is 5.92. The van der Waals surface area contributed by atoms with E-state index in [1.165, 1.54) is 0 Å². The van der Waals surface area contributed by atoms with Gasteiger partial charge in [-0.15, -0.1) is 0 Å². The van der Waals surface area contributed by atoms with Crippen molar-refractivity contribution >= 4 is 100 Å². The van der Waals surface area contributed by atoms with Crippen LogP contribution >= 0.6 is 35.7 Å². The van der Waals surface area contributed by atoms with Gasteiger partial charge < -0.3 is 37.0 Å². The van der Waals surface area contributed by atoms with Gasteiger partial charge in [-0.2, -0.15) is 0 Å². The number of aldehydes is 1. The molecule has 0 aromatic heterocycles. The van der Waals surface area contributed by atoms with Crippen LogP contribution in [0.4, 0.5) is 0 Å². The normalized spacial score (nSPS) is 14.0. The fraction of sp³-hybridized carbons (Fsp3) is 0.232. The van der Waals surface area contributed by atoms with Crippen LogP contribution < -0.4 is 72.6 Å². The van der Waals surface area contributed by atoms with Gasteiger partial charge in [-0.1, -0.05) is 366 Å². The molecular formula is C95H99O9P5. The molecule has 9 nitrogen and oxygen atoms in total. The van der Waals surface area contributed by atoms with Crippen LogP contribution in [0, 0.1) is 0 Å². The molecule has 0 amide bonds. The Morgan fingerprint density at radius 2 is 0.486 bits per heavy atom. The summed E-state index contributed by atoms with van der Waals surface area (Å²) < 4.78 is 95.7. The molecular weight excluding hydrogens is 1440 g/mol. The first-order valence-electron chi connectivity index (χ1n) is 37.1. The zero-order valence-corrected chi connectivity index (χ0v) is 69.8. The molecule has 0 radical (unpaired) electrons. The lowest BCUT2D eigenvalue weighted by atomic mass is 9.75. The smallest absolute Gasteiger partial charge is 0.174 e. The summed E-state index contributed by atoms with van der Waals surface area (Å²) >= 11 is 0. The summed E-state index contributed by atoms with van der Waals surface area (Å²) in [4.78, 5) is 11.8. The third-order valence-electron chi connectivity index (χ3n) is 21.4. The van der Waals surface area contributed by atoms with E-state index in [9.17, 15) is 4.79 Å². The van der Waals surface area contributed by atoms with E-state index < -0.39 is 67.2 Å². The average molecular weight is 1540 g/mol. The molecule has 2 heterocycles. The van der Waals surface area contributed by atoms with Crippen LogP contribution in [0.5, 0.6) is 34.5 Å². The largest absolute Gasteiger partial charge is 0.456 e. The minimum absolute atomic E-state index is 0.407. The zero-order valence-electron chi connectivity index (χ0n) is 65.4. The van der Waals surface area contributed by atoms with E-state index in [2.05, 4.69) is 123 Å². The van der Waals surface area contributed by atoms with Crippen molar-refractivity contribution in [3.63, 3.8) is 0 Å². The number of rotatable bonds is 14. The summed E-state index contributed by atoms with van der Waals surface area (Å²) in [6, 6.07) is 95.8. The molecule has 558 valence electrons. The molecule has 14 heteroatoms. The summed E-state index contributed by atoms with van der Waals surface area (Å²) in [6.07, 6.45) is 0.816. The SMILES string of the molecule is CC1(C)c2cccc(C=O)c2Oc2c1cccc2P(=O)(c1ccccc1)c1ccccc1.CC1(C)c2cccc(P(=O)(C(C)(C)C)C(C)(C)C)c2Oc2c1cccc2P(=O)(C(C)(C)C)C(C)(C)C.O=P(c1ccccc1)(c1ccccc1)c1ccccc1Oc1ccccc1P(=O)(c1ccccc1)c1ccccc1. The first-order chi connectivity index (χ1) is 51.5.